The first kappa shape index (κ1) is 18.7. The molecule has 2 aliphatic rings. The topological polar surface area (TPSA) is 20.3 Å². The summed E-state index contributed by atoms with van der Waals surface area (Å²) in [4.78, 5) is 15.0. The Labute approximate surface area is 167 Å². The number of likely N-dealkylation sites (tertiary alicyclic amines) is 1. The van der Waals surface area contributed by atoms with E-state index in [1.54, 1.807) is 6.07 Å². The van der Waals surface area contributed by atoms with E-state index in [-0.39, 0.29) is 5.78 Å². The summed E-state index contributed by atoms with van der Waals surface area (Å²) >= 11 is 6.00. The Morgan fingerprint density at radius 1 is 1.07 bits per heavy atom. The van der Waals surface area contributed by atoms with Gasteiger partial charge >= 0.3 is 0 Å². The molecule has 142 valence electrons. The highest BCUT2D eigenvalue weighted by Crippen LogP contribution is 2.61. The maximum Gasteiger partial charge on any atom is 0.162 e. The molecule has 1 spiro atoms. The van der Waals surface area contributed by atoms with Crippen LogP contribution in [0.2, 0.25) is 5.02 Å². The van der Waals surface area contributed by atoms with Crippen LogP contribution in [0.25, 0.3) is 0 Å². The van der Waals surface area contributed by atoms with Gasteiger partial charge in [0.25, 0.3) is 0 Å². The second-order valence-corrected chi connectivity index (χ2v) is 8.75. The first-order chi connectivity index (χ1) is 13.1. The molecule has 0 N–H and O–H groups in total. The lowest BCUT2D eigenvalue weighted by molar-refractivity contribution is 0.0973. The maximum atomic E-state index is 12.4. The summed E-state index contributed by atoms with van der Waals surface area (Å²) in [6.07, 6.45) is 6.77. The van der Waals surface area contributed by atoms with Crippen LogP contribution in [-0.2, 0) is 6.42 Å². The van der Waals surface area contributed by atoms with Gasteiger partial charge in [-0.3, -0.25) is 4.79 Å². The number of hydrogen-bond donors (Lipinski definition) is 0. The fourth-order valence-electron chi connectivity index (χ4n) is 4.72. The van der Waals surface area contributed by atoms with E-state index in [1.165, 1.54) is 37.9 Å². The molecule has 0 aromatic heterocycles. The van der Waals surface area contributed by atoms with Crippen LogP contribution < -0.4 is 0 Å². The minimum Gasteiger partial charge on any atom is -0.303 e. The van der Waals surface area contributed by atoms with Crippen molar-refractivity contribution in [3.63, 3.8) is 0 Å². The zero-order valence-corrected chi connectivity index (χ0v) is 16.6. The van der Waals surface area contributed by atoms with Crippen LogP contribution in [0.4, 0.5) is 0 Å². The Hall–Kier alpha value is -1.64. The third kappa shape index (κ3) is 4.62. The van der Waals surface area contributed by atoms with E-state index < -0.39 is 0 Å². The van der Waals surface area contributed by atoms with Crippen LogP contribution in [0.3, 0.4) is 0 Å². The third-order valence-electron chi connectivity index (χ3n) is 6.64. The zero-order chi connectivity index (χ0) is 18.7. The monoisotopic (exact) mass is 381 g/mol. The van der Waals surface area contributed by atoms with Crippen molar-refractivity contribution in [3.8, 4) is 0 Å². The molecule has 2 nitrogen and oxygen atoms in total. The highest BCUT2D eigenvalue weighted by Gasteiger charge is 2.53. The van der Waals surface area contributed by atoms with Crippen molar-refractivity contribution >= 4 is 17.4 Å². The Morgan fingerprint density at radius 3 is 2.59 bits per heavy atom. The van der Waals surface area contributed by atoms with Crippen molar-refractivity contribution in [1.29, 1.82) is 0 Å². The van der Waals surface area contributed by atoms with Gasteiger partial charge in [-0.2, -0.15) is 0 Å². The number of halogens is 1. The van der Waals surface area contributed by atoms with E-state index in [0.717, 1.165) is 30.9 Å². The first-order valence-electron chi connectivity index (χ1n) is 10.2. The van der Waals surface area contributed by atoms with Gasteiger partial charge in [-0.25, -0.2) is 0 Å². The summed E-state index contributed by atoms with van der Waals surface area (Å²) < 4.78 is 0. The molecule has 2 aromatic carbocycles. The van der Waals surface area contributed by atoms with Crippen LogP contribution in [-0.4, -0.2) is 30.3 Å². The molecule has 1 aliphatic heterocycles. The van der Waals surface area contributed by atoms with Gasteiger partial charge in [-0.1, -0.05) is 54.1 Å². The number of nitrogens with zero attached hydrogens (tertiary/aromatic N) is 1. The number of carbonyl (C=O) groups excluding carboxylic acids is 1. The smallest absolute Gasteiger partial charge is 0.162 e. The molecule has 0 bridgehead atoms. The van der Waals surface area contributed by atoms with Crippen molar-refractivity contribution in [2.75, 3.05) is 19.6 Å². The molecule has 3 heteroatoms. The van der Waals surface area contributed by atoms with Crippen LogP contribution >= 0.6 is 11.6 Å². The van der Waals surface area contributed by atoms with Gasteiger partial charge in [0, 0.05) is 23.6 Å². The lowest BCUT2D eigenvalue weighted by Crippen LogP contribution is -2.36. The molecule has 1 atom stereocenters. The minimum absolute atomic E-state index is 0.236. The molecule has 27 heavy (non-hydrogen) atoms. The van der Waals surface area contributed by atoms with Crippen molar-refractivity contribution in [2.45, 2.75) is 38.5 Å². The summed E-state index contributed by atoms with van der Waals surface area (Å²) in [6, 6.07) is 18.1. The van der Waals surface area contributed by atoms with Crippen molar-refractivity contribution in [1.82, 2.24) is 4.90 Å². The number of rotatable bonds is 7. The molecular formula is C24H28ClNO. The summed E-state index contributed by atoms with van der Waals surface area (Å²) in [5.41, 5.74) is 2.73. The van der Waals surface area contributed by atoms with Crippen LogP contribution in [0.1, 0.15) is 48.0 Å². The summed E-state index contributed by atoms with van der Waals surface area (Å²) in [7, 11) is 0. The van der Waals surface area contributed by atoms with Gasteiger partial charge in [0.05, 0.1) is 0 Å². The van der Waals surface area contributed by atoms with E-state index in [4.69, 9.17) is 11.6 Å². The Bertz CT molecular complexity index is 780. The van der Waals surface area contributed by atoms with Crippen LogP contribution in [0.5, 0.6) is 0 Å². The number of Topliss-reactive ketones (excluding diaryl/α,β-unsaturated/α-hetero) is 1. The van der Waals surface area contributed by atoms with Gasteiger partial charge in [0.1, 0.15) is 0 Å². The summed E-state index contributed by atoms with van der Waals surface area (Å²) in [6.45, 7) is 3.59. The highest BCUT2D eigenvalue weighted by atomic mass is 35.5. The number of ketones is 1. The quantitative estimate of drug-likeness (QED) is 0.578. The maximum absolute atomic E-state index is 12.4. The fraction of sp³-hybridized carbons (Fsp3) is 0.458. The van der Waals surface area contributed by atoms with E-state index in [9.17, 15) is 4.79 Å². The molecule has 1 heterocycles. The normalized spacial score (nSPS) is 21.3. The predicted octanol–water partition coefficient (Wildman–Crippen LogP) is 5.65. The average molecular weight is 382 g/mol. The highest BCUT2D eigenvalue weighted by molar-refractivity contribution is 6.31. The third-order valence-corrected chi connectivity index (χ3v) is 6.87. The number of benzene rings is 2. The zero-order valence-electron chi connectivity index (χ0n) is 15.9. The van der Waals surface area contributed by atoms with Crippen molar-refractivity contribution in [2.24, 2.45) is 11.3 Å². The molecular weight excluding hydrogens is 354 g/mol. The van der Waals surface area contributed by atoms with Crippen LogP contribution in [0, 0.1) is 11.3 Å². The lowest BCUT2D eigenvalue weighted by atomic mass is 9.89. The van der Waals surface area contributed by atoms with Gasteiger partial charge in [0.2, 0.25) is 0 Å². The Balaban J connectivity index is 1.19. The van der Waals surface area contributed by atoms with Crippen LogP contribution in [0.15, 0.2) is 54.6 Å². The minimum atomic E-state index is 0.236. The molecule has 1 aliphatic carbocycles. The summed E-state index contributed by atoms with van der Waals surface area (Å²) in [5.74, 6) is 0.983. The molecule has 0 radical (unpaired) electrons. The summed E-state index contributed by atoms with van der Waals surface area (Å²) in [5, 5.41) is 0.645. The van der Waals surface area contributed by atoms with E-state index in [1.807, 2.05) is 18.2 Å². The molecule has 1 saturated heterocycles. The molecule has 1 saturated carbocycles. The fourth-order valence-corrected chi connectivity index (χ4v) is 4.91. The Morgan fingerprint density at radius 2 is 1.85 bits per heavy atom. The van der Waals surface area contributed by atoms with Crippen molar-refractivity contribution < 1.29 is 4.79 Å². The van der Waals surface area contributed by atoms with Gasteiger partial charge in [-0.15, -0.1) is 0 Å². The predicted molar refractivity (Wildman–Crippen MR) is 111 cm³/mol. The SMILES string of the molecule is O=C(CCC1CC12CCN(CCc1ccccc1)CC2)c1cccc(Cl)c1. The second-order valence-electron chi connectivity index (χ2n) is 8.31. The number of hydrogen-bond acceptors (Lipinski definition) is 2. The van der Waals surface area contributed by atoms with Gasteiger partial charge in [0.15, 0.2) is 5.78 Å². The first-order valence-corrected chi connectivity index (χ1v) is 10.6. The Kier molecular flexibility index (Phi) is 5.66. The van der Waals surface area contributed by atoms with Crippen molar-refractivity contribution in [3.05, 3.63) is 70.7 Å². The largest absolute Gasteiger partial charge is 0.303 e. The van der Waals surface area contributed by atoms with Gasteiger partial charge < -0.3 is 4.90 Å². The molecule has 4 rings (SSSR count). The number of piperidine rings is 1. The molecule has 2 aromatic rings. The molecule has 2 fully saturated rings. The lowest BCUT2D eigenvalue weighted by Gasteiger charge is -2.33. The van der Waals surface area contributed by atoms with E-state index in [2.05, 4.69) is 35.2 Å². The number of carbonyl (C=O) groups is 1. The molecule has 0 amide bonds. The van der Waals surface area contributed by atoms with E-state index >= 15 is 0 Å². The second kappa shape index (κ2) is 8.16. The molecule has 1 unspecified atom stereocenters. The standard InChI is InChI=1S/C24H28ClNO/c25-22-8-4-7-20(17-22)23(27)10-9-21-18-24(21)12-15-26(16-13-24)14-11-19-5-2-1-3-6-19/h1-8,17,21H,9-16,18H2. The average Bonchev–Trinajstić information content (AvgIpc) is 3.38. The van der Waals surface area contributed by atoms with E-state index in [0.29, 0.717) is 16.9 Å². The van der Waals surface area contributed by atoms with Gasteiger partial charge in [-0.05, 0) is 74.2 Å².